The van der Waals surface area contributed by atoms with E-state index in [1.165, 1.54) is 12.3 Å². The Morgan fingerprint density at radius 1 is 1.45 bits per heavy atom. The van der Waals surface area contributed by atoms with Crippen molar-refractivity contribution in [1.82, 2.24) is 4.98 Å². The third-order valence-electron chi connectivity index (χ3n) is 5.48. The molecule has 1 atom stereocenters. The number of pyridine rings is 1. The van der Waals surface area contributed by atoms with Crippen LogP contribution in [0.2, 0.25) is 0 Å². The van der Waals surface area contributed by atoms with Gasteiger partial charge in [-0.1, -0.05) is 13.8 Å². The molecule has 0 fully saturated rings. The van der Waals surface area contributed by atoms with Crippen molar-refractivity contribution in [3.63, 3.8) is 0 Å². The fraction of sp³-hybridized carbons (Fsp3) is 0.400. The molecule has 3 rings (SSSR count). The lowest BCUT2D eigenvalue weighted by Crippen LogP contribution is -2.34. The number of anilines is 4. The van der Waals surface area contributed by atoms with Gasteiger partial charge in [-0.05, 0) is 37.5 Å². The molecule has 7 nitrogen and oxygen atoms in total. The van der Waals surface area contributed by atoms with Crippen molar-refractivity contribution in [3.05, 3.63) is 41.3 Å². The second-order valence-electron chi connectivity index (χ2n) is 8.68. The predicted molar refractivity (Wildman–Crippen MR) is 138 cm³/mol. The van der Waals surface area contributed by atoms with Gasteiger partial charge in [0.05, 0.1) is 5.69 Å². The molecule has 0 saturated carbocycles. The number of nitrogens with two attached hydrogens (primary N) is 1. The molecular weight excluding hydrogens is 419 g/mol. The van der Waals surface area contributed by atoms with Crippen LogP contribution >= 0.6 is 0 Å². The SMILES string of the molecule is C#C[C@@H](C)CN(CC(C)C)c1ccnc2c1CCN2C(=O)Nc1cc(F)c(N)c(C=NC)c1.[HH].[HH]. The summed E-state index contributed by atoms with van der Waals surface area (Å²) in [6.45, 7) is 8.41. The van der Waals surface area contributed by atoms with Gasteiger partial charge in [0.25, 0.3) is 0 Å². The van der Waals surface area contributed by atoms with Crippen LogP contribution < -0.4 is 20.9 Å². The summed E-state index contributed by atoms with van der Waals surface area (Å²) in [7, 11) is 1.57. The number of nitrogen functional groups attached to an aromatic ring is 1. The smallest absolute Gasteiger partial charge is 0.327 e. The molecule has 0 aliphatic carbocycles. The van der Waals surface area contributed by atoms with Crippen molar-refractivity contribution in [2.75, 3.05) is 47.5 Å². The molecule has 1 aromatic carbocycles. The lowest BCUT2D eigenvalue weighted by atomic mass is 10.1. The van der Waals surface area contributed by atoms with Crippen molar-refractivity contribution < 1.29 is 12.0 Å². The third kappa shape index (κ3) is 5.43. The number of hydrogen-bond donors (Lipinski definition) is 2. The number of nitrogens with one attached hydrogen (secondary N) is 1. The number of hydrogen-bond acceptors (Lipinski definition) is 5. The Morgan fingerprint density at radius 3 is 2.88 bits per heavy atom. The number of carbonyl (C=O) groups excluding carboxylic acids is 1. The van der Waals surface area contributed by atoms with Crippen LogP contribution in [-0.4, -0.2) is 43.9 Å². The molecule has 0 radical (unpaired) electrons. The van der Waals surface area contributed by atoms with Gasteiger partial charge < -0.3 is 16.0 Å². The second kappa shape index (κ2) is 10.3. The summed E-state index contributed by atoms with van der Waals surface area (Å²) in [4.78, 5) is 25.3. The molecule has 1 aliphatic rings. The lowest BCUT2D eigenvalue weighted by Gasteiger charge is -2.30. The van der Waals surface area contributed by atoms with Crippen molar-refractivity contribution in [1.29, 1.82) is 0 Å². The van der Waals surface area contributed by atoms with Gasteiger partial charge in [-0.15, -0.1) is 12.3 Å². The Balaban J connectivity index is 0.00000306. The molecule has 3 N–H and O–H groups in total. The summed E-state index contributed by atoms with van der Waals surface area (Å²) in [5, 5.41) is 2.76. The number of terminal acetylenes is 1. The second-order valence-corrected chi connectivity index (χ2v) is 8.68. The van der Waals surface area contributed by atoms with Crippen LogP contribution in [-0.2, 0) is 6.42 Å². The van der Waals surface area contributed by atoms with Crippen LogP contribution in [0.5, 0.6) is 0 Å². The molecule has 2 aromatic rings. The van der Waals surface area contributed by atoms with E-state index in [1.54, 1.807) is 24.2 Å². The maximum absolute atomic E-state index is 14.2. The van der Waals surface area contributed by atoms with Crippen molar-refractivity contribution >= 4 is 35.1 Å². The fourth-order valence-corrected chi connectivity index (χ4v) is 4.01. The van der Waals surface area contributed by atoms with E-state index in [9.17, 15) is 9.18 Å². The van der Waals surface area contributed by atoms with Gasteiger partial charge in [0.2, 0.25) is 0 Å². The van der Waals surface area contributed by atoms with E-state index in [-0.39, 0.29) is 20.5 Å². The van der Waals surface area contributed by atoms with Crippen molar-refractivity contribution in [3.8, 4) is 12.3 Å². The van der Waals surface area contributed by atoms with Crippen molar-refractivity contribution in [2.45, 2.75) is 27.2 Å². The number of amides is 2. The molecule has 1 aromatic heterocycles. The van der Waals surface area contributed by atoms with E-state index in [1.807, 2.05) is 13.0 Å². The van der Waals surface area contributed by atoms with Gasteiger partial charge in [-0.2, -0.15) is 0 Å². The highest BCUT2D eigenvalue weighted by molar-refractivity contribution is 6.03. The maximum Gasteiger partial charge on any atom is 0.327 e. The number of nitrogens with zero attached hydrogens (tertiary/aromatic N) is 4. The number of urea groups is 1. The van der Waals surface area contributed by atoms with Gasteiger partial charge in [-0.3, -0.25) is 9.89 Å². The number of carbonyl (C=O) groups is 1. The van der Waals surface area contributed by atoms with E-state index < -0.39 is 5.82 Å². The van der Waals surface area contributed by atoms with Crippen LogP contribution in [0.3, 0.4) is 0 Å². The zero-order valence-corrected chi connectivity index (χ0v) is 19.6. The number of aliphatic imine (C=N–C) groups is 1. The first kappa shape index (κ1) is 24.1. The lowest BCUT2D eigenvalue weighted by molar-refractivity contribution is 0.257. The van der Waals surface area contributed by atoms with E-state index in [2.05, 4.69) is 40.0 Å². The molecule has 0 bridgehead atoms. The third-order valence-corrected chi connectivity index (χ3v) is 5.48. The Hall–Kier alpha value is -3.60. The number of aromatic nitrogens is 1. The Morgan fingerprint density at radius 2 is 2.21 bits per heavy atom. The Bertz CT molecular complexity index is 1100. The summed E-state index contributed by atoms with van der Waals surface area (Å²) in [5.74, 6) is 3.33. The summed E-state index contributed by atoms with van der Waals surface area (Å²) in [6.07, 6.45) is 9.48. The molecule has 8 heteroatoms. The highest BCUT2D eigenvalue weighted by Crippen LogP contribution is 2.35. The molecule has 0 spiro atoms. The normalized spacial score (nSPS) is 13.8. The Labute approximate surface area is 197 Å². The number of fused-ring (bicyclic) bond motifs is 1. The zero-order valence-electron chi connectivity index (χ0n) is 19.6. The summed E-state index contributed by atoms with van der Waals surface area (Å²) in [5.41, 5.74) is 8.52. The van der Waals surface area contributed by atoms with Crippen LogP contribution in [0.4, 0.5) is 32.1 Å². The van der Waals surface area contributed by atoms with E-state index >= 15 is 0 Å². The fourth-order valence-electron chi connectivity index (χ4n) is 4.01. The predicted octanol–water partition coefficient (Wildman–Crippen LogP) is 4.67. The van der Waals surface area contributed by atoms with Crippen LogP contribution in [0.25, 0.3) is 0 Å². The molecule has 33 heavy (non-hydrogen) atoms. The van der Waals surface area contributed by atoms with Gasteiger partial charge in [0.1, 0.15) is 11.6 Å². The molecule has 1 aliphatic heterocycles. The first-order chi connectivity index (χ1) is 15.7. The van der Waals surface area contributed by atoms with E-state index in [0.717, 1.165) is 24.3 Å². The quantitative estimate of drug-likeness (QED) is 0.362. The highest BCUT2D eigenvalue weighted by Gasteiger charge is 2.30. The molecule has 178 valence electrons. The highest BCUT2D eigenvalue weighted by atomic mass is 19.1. The average Bonchev–Trinajstić information content (AvgIpc) is 3.21. The van der Waals surface area contributed by atoms with Crippen LogP contribution in [0.15, 0.2) is 29.4 Å². The minimum atomic E-state index is -0.614. The molecule has 0 unspecified atom stereocenters. The summed E-state index contributed by atoms with van der Waals surface area (Å²) >= 11 is 0. The Kier molecular flexibility index (Phi) is 7.54. The number of benzene rings is 1. The molecule has 2 amide bonds. The first-order valence-electron chi connectivity index (χ1n) is 11.0. The zero-order chi connectivity index (χ0) is 24.1. The van der Waals surface area contributed by atoms with Gasteiger partial charge >= 0.3 is 6.03 Å². The summed E-state index contributed by atoms with van der Waals surface area (Å²) in [6, 6.07) is 4.40. The van der Waals surface area contributed by atoms with E-state index in [4.69, 9.17) is 12.2 Å². The van der Waals surface area contributed by atoms with Crippen LogP contribution in [0, 0.1) is 30.0 Å². The van der Waals surface area contributed by atoms with Gasteiger partial charge in [0, 0.05) is 70.4 Å². The van der Waals surface area contributed by atoms with Gasteiger partial charge in [0.15, 0.2) is 0 Å². The summed E-state index contributed by atoms with van der Waals surface area (Å²) < 4.78 is 14.2. The van der Waals surface area contributed by atoms with Crippen LogP contribution in [0.1, 0.15) is 34.8 Å². The van der Waals surface area contributed by atoms with E-state index in [0.29, 0.717) is 36.0 Å². The van der Waals surface area contributed by atoms with Crippen molar-refractivity contribution in [2.24, 2.45) is 16.8 Å². The molecule has 2 heterocycles. The first-order valence-corrected chi connectivity index (χ1v) is 11.0. The number of halogens is 1. The van der Waals surface area contributed by atoms with Gasteiger partial charge in [-0.25, -0.2) is 14.2 Å². The molecular formula is C25H35FN6O. The minimum absolute atomic E-state index is 0. The maximum atomic E-state index is 14.2. The topological polar surface area (TPSA) is 86.9 Å². The standard InChI is InChI=1S/C25H31FN6O.2H2/c1-6-17(4)15-31(14-16(2)3)22-7-9-29-24-20(22)8-10-32(24)25(33)30-19-11-18(13-28-5)23(27)21(26)12-19;;/h1,7,9,11-13,16-17H,8,10,14-15,27H2,2-5H3,(H,30,33);2*1H/t17-;;/m1../s1. The monoisotopic (exact) mass is 454 g/mol. The average molecular weight is 455 g/mol. The minimum Gasteiger partial charge on any atom is -0.396 e. The largest absolute Gasteiger partial charge is 0.396 e. The molecule has 0 saturated heterocycles. The number of rotatable bonds is 7.